The van der Waals surface area contributed by atoms with Crippen molar-refractivity contribution in [3.8, 4) is 6.07 Å². The van der Waals surface area contributed by atoms with Crippen LogP contribution in [0.3, 0.4) is 0 Å². The average Bonchev–Trinajstić information content (AvgIpc) is 2.15. The van der Waals surface area contributed by atoms with Crippen molar-refractivity contribution in [3.05, 3.63) is 28.0 Å². The SMILES string of the molecule is N#Cc1cc(CN)c(C(F)F)c(Cl)n1. The minimum absolute atomic E-state index is 0.0140. The molecule has 0 atom stereocenters. The number of hydrogen-bond donors (Lipinski definition) is 1. The zero-order chi connectivity index (χ0) is 10.7. The molecule has 0 aliphatic heterocycles. The maximum Gasteiger partial charge on any atom is 0.267 e. The quantitative estimate of drug-likeness (QED) is 0.771. The summed E-state index contributed by atoms with van der Waals surface area (Å²) in [5, 5.41) is 8.15. The van der Waals surface area contributed by atoms with Crippen molar-refractivity contribution in [1.29, 1.82) is 5.26 Å². The molecule has 6 heteroatoms. The van der Waals surface area contributed by atoms with E-state index in [4.69, 9.17) is 22.6 Å². The lowest BCUT2D eigenvalue weighted by atomic mass is 10.1. The summed E-state index contributed by atoms with van der Waals surface area (Å²) >= 11 is 5.49. The molecule has 0 saturated carbocycles. The molecule has 1 heterocycles. The molecule has 0 bridgehead atoms. The summed E-state index contributed by atoms with van der Waals surface area (Å²) in [4.78, 5) is 3.49. The van der Waals surface area contributed by atoms with Crippen molar-refractivity contribution in [1.82, 2.24) is 4.98 Å². The summed E-state index contributed by atoms with van der Waals surface area (Å²) in [5.74, 6) is 0. The topological polar surface area (TPSA) is 62.7 Å². The Balaban J connectivity index is 3.36. The molecule has 1 aromatic heterocycles. The molecule has 0 amide bonds. The molecular weight excluding hydrogens is 212 g/mol. The van der Waals surface area contributed by atoms with Crippen LogP contribution in [0.2, 0.25) is 5.15 Å². The second-order valence-corrected chi connectivity index (χ2v) is 2.85. The number of pyridine rings is 1. The number of hydrogen-bond acceptors (Lipinski definition) is 3. The fourth-order valence-corrected chi connectivity index (χ4v) is 1.32. The van der Waals surface area contributed by atoms with Crippen molar-refractivity contribution < 1.29 is 8.78 Å². The molecule has 0 unspecified atom stereocenters. The monoisotopic (exact) mass is 217 g/mol. The molecule has 0 radical (unpaired) electrons. The molecule has 14 heavy (non-hydrogen) atoms. The molecule has 0 aromatic carbocycles. The number of rotatable bonds is 2. The zero-order valence-corrected chi connectivity index (χ0v) is 7.72. The van der Waals surface area contributed by atoms with Crippen LogP contribution in [0.25, 0.3) is 0 Å². The fraction of sp³-hybridized carbons (Fsp3) is 0.250. The van der Waals surface area contributed by atoms with E-state index in [1.54, 1.807) is 6.07 Å². The third kappa shape index (κ3) is 1.97. The number of alkyl halides is 2. The molecular formula is C8H6ClF2N3. The second-order valence-electron chi connectivity index (χ2n) is 2.49. The van der Waals surface area contributed by atoms with E-state index in [0.717, 1.165) is 0 Å². The van der Waals surface area contributed by atoms with Gasteiger partial charge in [0.25, 0.3) is 6.43 Å². The molecule has 0 spiro atoms. The maximum atomic E-state index is 12.4. The summed E-state index contributed by atoms with van der Waals surface area (Å²) in [6, 6.07) is 2.93. The minimum Gasteiger partial charge on any atom is -0.326 e. The third-order valence-corrected chi connectivity index (χ3v) is 1.94. The molecule has 0 fully saturated rings. The Morgan fingerprint density at radius 1 is 1.64 bits per heavy atom. The lowest BCUT2D eigenvalue weighted by molar-refractivity contribution is 0.150. The number of aromatic nitrogens is 1. The van der Waals surface area contributed by atoms with Gasteiger partial charge in [-0.15, -0.1) is 0 Å². The van der Waals surface area contributed by atoms with E-state index in [-0.39, 0.29) is 23.0 Å². The highest BCUT2D eigenvalue weighted by Crippen LogP contribution is 2.29. The van der Waals surface area contributed by atoms with Crippen molar-refractivity contribution in [3.63, 3.8) is 0 Å². The normalized spacial score (nSPS) is 10.3. The van der Waals surface area contributed by atoms with Gasteiger partial charge in [0.1, 0.15) is 16.9 Å². The maximum absolute atomic E-state index is 12.4. The molecule has 3 nitrogen and oxygen atoms in total. The van der Waals surface area contributed by atoms with Gasteiger partial charge >= 0.3 is 0 Å². The van der Waals surface area contributed by atoms with Gasteiger partial charge in [0, 0.05) is 6.54 Å². The van der Waals surface area contributed by atoms with Crippen LogP contribution in [-0.4, -0.2) is 4.98 Å². The van der Waals surface area contributed by atoms with Crippen molar-refractivity contribution in [2.75, 3.05) is 0 Å². The number of nitrogens with two attached hydrogens (primary N) is 1. The first-order chi connectivity index (χ1) is 6.60. The Kier molecular flexibility index (Phi) is 3.33. The molecule has 74 valence electrons. The second kappa shape index (κ2) is 4.31. The Labute approximate surface area is 84.1 Å². The smallest absolute Gasteiger partial charge is 0.267 e. The fourth-order valence-electron chi connectivity index (χ4n) is 1.03. The molecule has 2 N–H and O–H groups in total. The summed E-state index contributed by atoms with van der Waals surface area (Å²) in [5.41, 5.74) is 4.99. The van der Waals surface area contributed by atoms with Crippen LogP contribution >= 0.6 is 11.6 Å². The van der Waals surface area contributed by atoms with Gasteiger partial charge in [0.05, 0.1) is 5.56 Å². The van der Waals surface area contributed by atoms with E-state index in [1.165, 1.54) is 6.07 Å². The van der Waals surface area contributed by atoms with Gasteiger partial charge in [-0.3, -0.25) is 0 Å². The standard InChI is InChI=1S/C8H6ClF2N3/c9-7-6(8(10)11)4(2-12)1-5(3-13)14-7/h1,8H,2,12H2. The van der Waals surface area contributed by atoms with Crippen LogP contribution in [0.1, 0.15) is 23.2 Å². The number of nitriles is 1. The predicted octanol–water partition coefficient (Wildman–Crippen LogP) is 2.00. The van der Waals surface area contributed by atoms with E-state index < -0.39 is 12.0 Å². The van der Waals surface area contributed by atoms with Gasteiger partial charge in [0.15, 0.2) is 0 Å². The highest BCUT2D eigenvalue weighted by Gasteiger charge is 2.18. The van der Waals surface area contributed by atoms with Crippen LogP contribution in [0.5, 0.6) is 0 Å². The molecule has 0 saturated heterocycles. The van der Waals surface area contributed by atoms with Gasteiger partial charge in [-0.1, -0.05) is 11.6 Å². The van der Waals surface area contributed by atoms with Crippen molar-refractivity contribution in [2.45, 2.75) is 13.0 Å². The van der Waals surface area contributed by atoms with Gasteiger partial charge < -0.3 is 5.73 Å². The highest BCUT2D eigenvalue weighted by molar-refractivity contribution is 6.30. The number of nitrogens with zero attached hydrogens (tertiary/aromatic N) is 2. The summed E-state index contributed by atoms with van der Waals surface area (Å²) in [6.45, 7) is -0.101. The van der Waals surface area contributed by atoms with Crippen LogP contribution in [-0.2, 0) is 6.54 Å². The van der Waals surface area contributed by atoms with Gasteiger partial charge in [0.2, 0.25) is 0 Å². The van der Waals surface area contributed by atoms with Crippen LogP contribution in [0.4, 0.5) is 8.78 Å². The predicted molar refractivity (Wildman–Crippen MR) is 46.8 cm³/mol. The van der Waals surface area contributed by atoms with E-state index in [0.29, 0.717) is 0 Å². The first kappa shape index (κ1) is 10.8. The van der Waals surface area contributed by atoms with Crippen molar-refractivity contribution in [2.24, 2.45) is 5.73 Å². The Morgan fingerprint density at radius 2 is 2.29 bits per heavy atom. The Morgan fingerprint density at radius 3 is 2.71 bits per heavy atom. The van der Waals surface area contributed by atoms with Gasteiger partial charge in [-0.2, -0.15) is 5.26 Å². The minimum atomic E-state index is -2.73. The molecule has 1 aromatic rings. The van der Waals surface area contributed by atoms with Crippen molar-refractivity contribution >= 4 is 11.6 Å². The Hall–Kier alpha value is -1.25. The molecule has 0 aliphatic rings. The largest absolute Gasteiger partial charge is 0.326 e. The van der Waals surface area contributed by atoms with E-state index in [2.05, 4.69) is 4.98 Å². The third-order valence-electron chi connectivity index (χ3n) is 1.65. The Bertz CT molecular complexity index is 387. The van der Waals surface area contributed by atoms with Gasteiger partial charge in [-0.05, 0) is 11.6 Å². The van der Waals surface area contributed by atoms with E-state index in [9.17, 15) is 8.78 Å². The van der Waals surface area contributed by atoms with E-state index in [1.807, 2.05) is 0 Å². The summed E-state index contributed by atoms with van der Waals surface area (Å²) in [6.07, 6.45) is -2.73. The van der Waals surface area contributed by atoms with Crippen LogP contribution in [0.15, 0.2) is 6.07 Å². The van der Waals surface area contributed by atoms with E-state index >= 15 is 0 Å². The highest BCUT2D eigenvalue weighted by atomic mass is 35.5. The van der Waals surface area contributed by atoms with Crippen LogP contribution in [0, 0.1) is 11.3 Å². The first-order valence-corrected chi connectivity index (χ1v) is 4.05. The molecule has 1 rings (SSSR count). The summed E-state index contributed by atoms with van der Waals surface area (Å²) < 4.78 is 24.9. The number of halogens is 3. The lowest BCUT2D eigenvalue weighted by Crippen LogP contribution is -2.05. The zero-order valence-electron chi connectivity index (χ0n) is 6.97. The lowest BCUT2D eigenvalue weighted by Gasteiger charge is -2.08. The first-order valence-electron chi connectivity index (χ1n) is 3.67. The summed E-state index contributed by atoms with van der Waals surface area (Å²) in [7, 11) is 0. The average molecular weight is 218 g/mol. The van der Waals surface area contributed by atoms with Crippen LogP contribution < -0.4 is 5.73 Å². The van der Waals surface area contributed by atoms with Gasteiger partial charge in [-0.25, -0.2) is 13.8 Å². The molecule has 0 aliphatic carbocycles.